The molecule has 0 radical (unpaired) electrons. The van der Waals surface area contributed by atoms with Gasteiger partial charge in [-0.2, -0.15) is 0 Å². The first-order valence-electron chi connectivity index (χ1n) is 6.01. The zero-order valence-electron chi connectivity index (χ0n) is 10.7. The minimum atomic E-state index is -0.883. The van der Waals surface area contributed by atoms with Crippen LogP contribution in [0.5, 0.6) is 0 Å². The highest BCUT2D eigenvalue weighted by Gasteiger charge is 2.05. The van der Waals surface area contributed by atoms with Crippen molar-refractivity contribution in [2.24, 2.45) is 0 Å². The van der Waals surface area contributed by atoms with Gasteiger partial charge in [-0.15, -0.1) is 11.8 Å². The molecule has 0 aliphatic rings. The van der Waals surface area contributed by atoms with E-state index in [0.717, 1.165) is 12.1 Å². The van der Waals surface area contributed by atoms with Crippen molar-refractivity contribution in [1.29, 1.82) is 0 Å². The molecule has 0 aromatic heterocycles. The van der Waals surface area contributed by atoms with Crippen LogP contribution in [-0.2, 0) is 4.79 Å². The van der Waals surface area contributed by atoms with Crippen molar-refractivity contribution in [3.8, 4) is 0 Å². The lowest BCUT2D eigenvalue weighted by Crippen LogP contribution is -2.26. The summed E-state index contributed by atoms with van der Waals surface area (Å²) in [5, 5.41) is 11.7. The Hall–Kier alpha value is -1.14. The van der Waals surface area contributed by atoms with Crippen LogP contribution in [0.1, 0.15) is 19.8 Å². The van der Waals surface area contributed by atoms with Gasteiger partial charge in [0.25, 0.3) is 0 Å². The molecular formula is C13H17F2NO2S. The van der Waals surface area contributed by atoms with Gasteiger partial charge in [-0.05, 0) is 31.5 Å². The summed E-state index contributed by atoms with van der Waals surface area (Å²) in [5.74, 6) is -1.38. The maximum atomic E-state index is 12.9. The van der Waals surface area contributed by atoms with Crippen molar-refractivity contribution in [2.75, 3.05) is 12.3 Å². The molecule has 19 heavy (non-hydrogen) atoms. The van der Waals surface area contributed by atoms with E-state index in [0.29, 0.717) is 30.0 Å². The van der Waals surface area contributed by atoms with Crippen LogP contribution in [0.3, 0.4) is 0 Å². The molecule has 1 unspecified atom stereocenters. The molecule has 0 bridgehead atoms. The summed E-state index contributed by atoms with van der Waals surface area (Å²) in [5.41, 5.74) is 0. The molecule has 0 aliphatic carbocycles. The lowest BCUT2D eigenvalue weighted by Gasteiger charge is -2.06. The van der Waals surface area contributed by atoms with Gasteiger partial charge in [0.1, 0.15) is 0 Å². The van der Waals surface area contributed by atoms with Crippen molar-refractivity contribution < 1.29 is 18.7 Å². The summed E-state index contributed by atoms with van der Waals surface area (Å²) < 4.78 is 25.6. The van der Waals surface area contributed by atoms with Crippen LogP contribution in [0.25, 0.3) is 0 Å². The van der Waals surface area contributed by atoms with Gasteiger partial charge in [0.05, 0.1) is 6.10 Å². The molecular weight excluding hydrogens is 272 g/mol. The van der Waals surface area contributed by atoms with E-state index in [9.17, 15) is 13.6 Å². The normalized spacial score (nSPS) is 12.2. The highest BCUT2D eigenvalue weighted by molar-refractivity contribution is 7.99. The summed E-state index contributed by atoms with van der Waals surface area (Å²) in [7, 11) is 0. The molecule has 1 rings (SSSR count). The number of hydrogen-bond acceptors (Lipinski definition) is 3. The number of halogens is 2. The molecule has 0 aliphatic heterocycles. The molecule has 1 atom stereocenters. The van der Waals surface area contributed by atoms with E-state index in [1.807, 2.05) is 0 Å². The number of aliphatic hydroxyl groups is 1. The molecule has 0 spiro atoms. The van der Waals surface area contributed by atoms with E-state index in [2.05, 4.69) is 5.32 Å². The number of hydrogen-bond donors (Lipinski definition) is 2. The maximum absolute atomic E-state index is 12.9. The first kappa shape index (κ1) is 15.9. The molecule has 6 heteroatoms. The van der Waals surface area contributed by atoms with Gasteiger partial charge in [-0.25, -0.2) is 8.78 Å². The second-order valence-electron chi connectivity index (χ2n) is 4.16. The predicted molar refractivity (Wildman–Crippen MR) is 71.0 cm³/mol. The number of carbonyl (C=O) groups excluding carboxylic acids is 1. The van der Waals surface area contributed by atoms with E-state index in [1.165, 1.54) is 17.8 Å². The first-order chi connectivity index (χ1) is 8.99. The zero-order valence-corrected chi connectivity index (χ0v) is 11.5. The molecule has 1 aromatic carbocycles. The van der Waals surface area contributed by atoms with Crippen LogP contribution in [0.4, 0.5) is 8.78 Å². The quantitative estimate of drug-likeness (QED) is 0.757. The molecule has 0 saturated carbocycles. The Bertz CT molecular complexity index is 427. The smallest absolute Gasteiger partial charge is 0.220 e. The average molecular weight is 289 g/mol. The summed E-state index contributed by atoms with van der Waals surface area (Å²) >= 11 is 1.29. The van der Waals surface area contributed by atoms with Gasteiger partial charge in [-0.3, -0.25) is 4.79 Å². The Morgan fingerprint density at radius 3 is 2.79 bits per heavy atom. The van der Waals surface area contributed by atoms with E-state index < -0.39 is 17.7 Å². The Labute approximate surface area is 115 Å². The minimum Gasteiger partial charge on any atom is -0.393 e. The van der Waals surface area contributed by atoms with Gasteiger partial charge < -0.3 is 10.4 Å². The van der Waals surface area contributed by atoms with Gasteiger partial charge in [0.15, 0.2) is 11.6 Å². The number of nitrogens with one attached hydrogen (secondary N) is 1. The van der Waals surface area contributed by atoms with E-state index in [-0.39, 0.29) is 5.91 Å². The third-order valence-corrected chi connectivity index (χ3v) is 3.37. The van der Waals surface area contributed by atoms with E-state index in [1.54, 1.807) is 6.92 Å². The number of benzene rings is 1. The molecule has 0 fully saturated rings. The number of carbonyl (C=O) groups is 1. The lowest BCUT2D eigenvalue weighted by molar-refractivity contribution is -0.120. The lowest BCUT2D eigenvalue weighted by atomic mass is 10.3. The van der Waals surface area contributed by atoms with Crippen molar-refractivity contribution in [2.45, 2.75) is 30.8 Å². The third kappa shape index (κ3) is 6.54. The van der Waals surface area contributed by atoms with Crippen molar-refractivity contribution in [3.63, 3.8) is 0 Å². The Morgan fingerprint density at radius 2 is 2.16 bits per heavy atom. The van der Waals surface area contributed by atoms with Gasteiger partial charge in [0, 0.05) is 23.6 Å². The Morgan fingerprint density at radius 1 is 1.42 bits per heavy atom. The van der Waals surface area contributed by atoms with E-state index in [4.69, 9.17) is 5.11 Å². The van der Waals surface area contributed by atoms with E-state index >= 15 is 0 Å². The van der Waals surface area contributed by atoms with Gasteiger partial charge in [-0.1, -0.05) is 0 Å². The number of aliphatic hydroxyl groups excluding tert-OH is 1. The van der Waals surface area contributed by atoms with Gasteiger partial charge >= 0.3 is 0 Å². The zero-order chi connectivity index (χ0) is 14.3. The standard InChI is InChI=1S/C13H17F2NO2S/c1-9(17)4-6-16-13(18)5-7-19-10-2-3-11(14)12(15)8-10/h2-3,8-9,17H,4-7H2,1H3,(H,16,18). The molecule has 106 valence electrons. The number of rotatable bonds is 7. The molecule has 0 heterocycles. The fourth-order valence-electron chi connectivity index (χ4n) is 1.34. The molecule has 1 aromatic rings. The largest absolute Gasteiger partial charge is 0.393 e. The third-order valence-electron chi connectivity index (χ3n) is 2.37. The second kappa shape index (κ2) is 8.12. The number of amides is 1. The topological polar surface area (TPSA) is 49.3 Å². The summed E-state index contributed by atoms with van der Waals surface area (Å²) in [6.45, 7) is 2.09. The maximum Gasteiger partial charge on any atom is 0.220 e. The average Bonchev–Trinajstić information content (AvgIpc) is 2.33. The molecule has 0 saturated heterocycles. The van der Waals surface area contributed by atoms with Crippen molar-refractivity contribution >= 4 is 17.7 Å². The first-order valence-corrected chi connectivity index (χ1v) is 7.00. The second-order valence-corrected chi connectivity index (χ2v) is 5.33. The highest BCUT2D eigenvalue weighted by atomic mass is 32.2. The summed E-state index contributed by atoms with van der Waals surface area (Å²) in [6.07, 6.45) is 0.378. The highest BCUT2D eigenvalue weighted by Crippen LogP contribution is 2.20. The minimum absolute atomic E-state index is 0.115. The molecule has 2 N–H and O–H groups in total. The van der Waals surface area contributed by atoms with Crippen LogP contribution in [0.2, 0.25) is 0 Å². The Kier molecular flexibility index (Phi) is 6.80. The van der Waals surface area contributed by atoms with Gasteiger partial charge in [0.2, 0.25) is 5.91 Å². The van der Waals surface area contributed by atoms with Crippen molar-refractivity contribution in [1.82, 2.24) is 5.32 Å². The molecule has 3 nitrogen and oxygen atoms in total. The van der Waals surface area contributed by atoms with Crippen LogP contribution in [0, 0.1) is 11.6 Å². The van der Waals surface area contributed by atoms with Crippen LogP contribution < -0.4 is 5.32 Å². The monoisotopic (exact) mass is 289 g/mol. The predicted octanol–water partition coefficient (Wildman–Crippen LogP) is 2.33. The summed E-state index contributed by atoms with van der Waals surface area (Å²) in [6, 6.07) is 3.67. The van der Waals surface area contributed by atoms with Crippen molar-refractivity contribution in [3.05, 3.63) is 29.8 Å². The van der Waals surface area contributed by atoms with Crippen LogP contribution in [0.15, 0.2) is 23.1 Å². The number of thioether (sulfide) groups is 1. The molecule has 1 amide bonds. The van der Waals surface area contributed by atoms with Crippen LogP contribution in [-0.4, -0.2) is 29.4 Å². The Balaban J connectivity index is 2.22. The van der Waals surface area contributed by atoms with Crippen LogP contribution >= 0.6 is 11.8 Å². The SMILES string of the molecule is CC(O)CCNC(=O)CCSc1ccc(F)c(F)c1. The fraction of sp³-hybridized carbons (Fsp3) is 0.462. The summed E-state index contributed by atoms with van der Waals surface area (Å²) in [4.78, 5) is 12.0. The fourth-order valence-corrected chi connectivity index (χ4v) is 2.21.